The highest BCUT2D eigenvalue weighted by Gasteiger charge is 2.23. The summed E-state index contributed by atoms with van der Waals surface area (Å²) in [7, 11) is 0. The molecule has 2 heterocycles. The molecule has 25 heavy (non-hydrogen) atoms. The van der Waals surface area contributed by atoms with Gasteiger partial charge < -0.3 is 15.1 Å². The van der Waals surface area contributed by atoms with Gasteiger partial charge in [-0.3, -0.25) is 9.78 Å². The fourth-order valence-electron chi connectivity index (χ4n) is 2.85. The Balaban J connectivity index is 1.43. The molecule has 1 N–H and O–H groups in total. The number of amides is 3. The first-order chi connectivity index (χ1) is 12.2. The highest BCUT2D eigenvalue weighted by atomic mass is 16.2. The first-order valence-electron chi connectivity index (χ1n) is 8.50. The van der Waals surface area contributed by atoms with E-state index in [1.165, 1.54) is 5.56 Å². The second-order valence-electron chi connectivity index (χ2n) is 6.03. The van der Waals surface area contributed by atoms with Crippen molar-refractivity contribution in [2.45, 2.75) is 12.8 Å². The van der Waals surface area contributed by atoms with Crippen molar-refractivity contribution in [2.24, 2.45) is 0 Å². The lowest BCUT2D eigenvalue weighted by molar-refractivity contribution is -0.132. The number of rotatable bonds is 4. The summed E-state index contributed by atoms with van der Waals surface area (Å²) < 4.78 is 0. The fraction of sp³-hybridized carbons (Fsp3) is 0.316. The molecule has 1 fully saturated rings. The van der Waals surface area contributed by atoms with Crippen LogP contribution in [0.15, 0.2) is 54.9 Å². The predicted octanol–water partition coefficient (Wildman–Crippen LogP) is 2.39. The van der Waals surface area contributed by atoms with Gasteiger partial charge in [-0.05, 0) is 24.1 Å². The number of hydrogen-bond acceptors (Lipinski definition) is 3. The fourth-order valence-corrected chi connectivity index (χ4v) is 2.85. The first kappa shape index (κ1) is 17.0. The molecule has 2 aromatic rings. The minimum Gasteiger partial charge on any atom is -0.339 e. The third kappa shape index (κ3) is 4.79. The van der Waals surface area contributed by atoms with Gasteiger partial charge in [0.05, 0.1) is 11.9 Å². The highest BCUT2D eigenvalue weighted by Crippen LogP contribution is 2.10. The van der Waals surface area contributed by atoms with Crippen LogP contribution in [0.1, 0.15) is 12.0 Å². The summed E-state index contributed by atoms with van der Waals surface area (Å²) in [6, 6.07) is 13.4. The summed E-state index contributed by atoms with van der Waals surface area (Å²) >= 11 is 0. The zero-order valence-electron chi connectivity index (χ0n) is 14.1. The molecule has 3 rings (SSSR count). The third-order valence-corrected chi connectivity index (χ3v) is 4.30. The molecule has 3 amide bonds. The lowest BCUT2D eigenvalue weighted by Crippen LogP contribution is -2.51. The maximum Gasteiger partial charge on any atom is 0.322 e. The van der Waals surface area contributed by atoms with Crippen molar-refractivity contribution in [3.63, 3.8) is 0 Å². The number of urea groups is 1. The number of nitrogens with zero attached hydrogens (tertiary/aromatic N) is 3. The minimum atomic E-state index is -0.149. The van der Waals surface area contributed by atoms with Gasteiger partial charge in [-0.1, -0.05) is 30.3 Å². The van der Waals surface area contributed by atoms with E-state index >= 15 is 0 Å². The molecule has 0 aliphatic carbocycles. The summed E-state index contributed by atoms with van der Waals surface area (Å²) in [5, 5.41) is 2.82. The van der Waals surface area contributed by atoms with E-state index in [1.54, 1.807) is 29.4 Å². The van der Waals surface area contributed by atoms with Crippen LogP contribution in [0, 0.1) is 0 Å². The maximum atomic E-state index is 12.3. The van der Waals surface area contributed by atoms with Gasteiger partial charge in [-0.15, -0.1) is 0 Å². The lowest BCUT2D eigenvalue weighted by Gasteiger charge is -2.34. The molecule has 6 nitrogen and oxygen atoms in total. The van der Waals surface area contributed by atoms with Crippen molar-refractivity contribution in [2.75, 3.05) is 31.5 Å². The number of anilines is 1. The van der Waals surface area contributed by atoms with E-state index < -0.39 is 0 Å². The largest absolute Gasteiger partial charge is 0.339 e. The standard InChI is InChI=1S/C19H22N4O2/c24-18(9-8-16-5-2-1-3-6-16)22-11-13-23(14-12-22)19(25)21-17-7-4-10-20-15-17/h1-7,10,15H,8-9,11-14H2,(H,21,25). The Hall–Kier alpha value is -2.89. The average molecular weight is 338 g/mol. The van der Waals surface area contributed by atoms with E-state index in [1.807, 2.05) is 35.2 Å². The number of hydrogen-bond donors (Lipinski definition) is 1. The summed E-state index contributed by atoms with van der Waals surface area (Å²) in [6.45, 7) is 2.24. The molecule has 1 saturated heterocycles. The number of aryl methyl sites for hydroxylation is 1. The number of pyridine rings is 1. The topological polar surface area (TPSA) is 65.5 Å². The minimum absolute atomic E-state index is 0.149. The van der Waals surface area contributed by atoms with Crippen LogP contribution in [0.2, 0.25) is 0 Å². The van der Waals surface area contributed by atoms with Crippen molar-refractivity contribution in [1.29, 1.82) is 0 Å². The van der Waals surface area contributed by atoms with E-state index in [9.17, 15) is 9.59 Å². The second-order valence-corrected chi connectivity index (χ2v) is 6.03. The van der Waals surface area contributed by atoms with E-state index in [4.69, 9.17) is 0 Å². The van der Waals surface area contributed by atoms with Crippen LogP contribution in [-0.2, 0) is 11.2 Å². The summed E-state index contributed by atoms with van der Waals surface area (Å²) in [5.74, 6) is 0.149. The zero-order valence-corrected chi connectivity index (χ0v) is 14.1. The molecule has 0 radical (unpaired) electrons. The molecule has 130 valence electrons. The van der Waals surface area contributed by atoms with Gasteiger partial charge in [-0.2, -0.15) is 0 Å². The van der Waals surface area contributed by atoms with Gasteiger partial charge in [0.15, 0.2) is 0 Å². The predicted molar refractivity (Wildman–Crippen MR) is 96.2 cm³/mol. The van der Waals surface area contributed by atoms with Crippen LogP contribution in [0.25, 0.3) is 0 Å². The smallest absolute Gasteiger partial charge is 0.322 e. The Morgan fingerprint density at radius 1 is 0.960 bits per heavy atom. The van der Waals surface area contributed by atoms with E-state index in [0.717, 1.165) is 6.42 Å². The van der Waals surface area contributed by atoms with Crippen molar-refractivity contribution in [1.82, 2.24) is 14.8 Å². The normalized spacial score (nSPS) is 14.2. The average Bonchev–Trinajstić information content (AvgIpc) is 2.68. The number of piperazine rings is 1. The molecule has 6 heteroatoms. The van der Waals surface area contributed by atoms with E-state index in [-0.39, 0.29) is 11.9 Å². The molecular weight excluding hydrogens is 316 g/mol. The molecular formula is C19H22N4O2. The van der Waals surface area contributed by atoms with Gasteiger partial charge in [0.1, 0.15) is 0 Å². The number of carbonyl (C=O) groups is 2. The van der Waals surface area contributed by atoms with Crippen molar-refractivity contribution < 1.29 is 9.59 Å². The maximum absolute atomic E-state index is 12.3. The van der Waals surface area contributed by atoms with Crippen LogP contribution in [0.4, 0.5) is 10.5 Å². The van der Waals surface area contributed by atoms with Crippen molar-refractivity contribution in [3.8, 4) is 0 Å². The Morgan fingerprint density at radius 2 is 1.68 bits per heavy atom. The van der Waals surface area contributed by atoms with Gasteiger partial charge in [-0.25, -0.2) is 4.79 Å². The molecule has 1 aromatic heterocycles. The molecule has 0 saturated carbocycles. The van der Waals surface area contributed by atoms with E-state index in [2.05, 4.69) is 10.3 Å². The Kier molecular flexibility index (Phi) is 5.61. The molecule has 1 aliphatic heterocycles. The van der Waals surface area contributed by atoms with Gasteiger partial charge in [0, 0.05) is 38.8 Å². The molecule has 1 aromatic carbocycles. The second kappa shape index (κ2) is 8.28. The molecule has 0 spiro atoms. The zero-order chi connectivity index (χ0) is 17.5. The number of carbonyl (C=O) groups excluding carboxylic acids is 2. The van der Waals surface area contributed by atoms with Gasteiger partial charge in [0.2, 0.25) is 5.91 Å². The Labute approximate surface area is 147 Å². The highest BCUT2D eigenvalue weighted by molar-refractivity contribution is 5.89. The quantitative estimate of drug-likeness (QED) is 0.931. The van der Waals surface area contributed by atoms with Crippen LogP contribution in [-0.4, -0.2) is 52.9 Å². The van der Waals surface area contributed by atoms with Gasteiger partial charge in [0.25, 0.3) is 0 Å². The van der Waals surface area contributed by atoms with Crippen LogP contribution < -0.4 is 5.32 Å². The number of aromatic nitrogens is 1. The van der Waals surface area contributed by atoms with Crippen LogP contribution >= 0.6 is 0 Å². The molecule has 0 atom stereocenters. The summed E-state index contributed by atoms with van der Waals surface area (Å²) in [6.07, 6.45) is 4.53. The van der Waals surface area contributed by atoms with Gasteiger partial charge >= 0.3 is 6.03 Å². The van der Waals surface area contributed by atoms with Crippen LogP contribution in [0.3, 0.4) is 0 Å². The van der Waals surface area contributed by atoms with Crippen LogP contribution in [0.5, 0.6) is 0 Å². The summed E-state index contributed by atoms with van der Waals surface area (Å²) in [4.78, 5) is 32.1. The number of benzene rings is 1. The molecule has 1 aliphatic rings. The third-order valence-electron chi connectivity index (χ3n) is 4.30. The van der Waals surface area contributed by atoms with Crippen molar-refractivity contribution >= 4 is 17.6 Å². The van der Waals surface area contributed by atoms with E-state index in [0.29, 0.717) is 38.3 Å². The SMILES string of the molecule is O=C(CCc1ccccc1)N1CCN(C(=O)Nc2cccnc2)CC1. The first-order valence-corrected chi connectivity index (χ1v) is 8.50. The number of nitrogens with one attached hydrogen (secondary N) is 1. The molecule has 0 bridgehead atoms. The Morgan fingerprint density at radius 3 is 2.36 bits per heavy atom. The van der Waals surface area contributed by atoms with Crippen molar-refractivity contribution in [3.05, 3.63) is 60.4 Å². The molecule has 0 unspecified atom stereocenters. The monoisotopic (exact) mass is 338 g/mol. The Bertz CT molecular complexity index is 698. The summed E-state index contributed by atoms with van der Waals surface area (Å²) in [5.41, 5.74) is 1.85. The lowest BCUT2D eigenvalue weighted by atomic mass is 10.1.